The summed E-state index contributed by atoms with van der Waals surface area (Å²) < 4.78 is 5.69. The second-order valence-electron chi connectivity index (χ2n) is 3.31. The lowest BCUT2D eigenvalue weighted by molar-refractivity contribution is 0.0257. The largest absolute Gasteiger partial charge is 0.374 e. The maximum absolute atomic E-state index is 5.69. The van der Waals surface area contributed by atoms with Gasteiger partial charge in [-0.05, 0) is 32.6 Å². The van der Waals surface area contributed by atoms with Crippen molar-refractivity contribution in [2.24, 2.45) is 0 Å². The average Bonchev–Trinajstić information content (AvgIpc) is 2.30. The van der Waals surface area contributed by atoms with Gasteiger partial charge in [-0.3, -0.25) is 0 Å². The van der Waals surface area contributed by atoms with Crippen LogP contribution < -0.4 is 0 Å². The number of fused-ring (bicyclic) bond motifs is 2. The monoisotopic (exact) mass is 138 g/mol. The van der Waals surface area contributed by atoms with Crippen molar-refractivity contribution >= 4 is 0 Å². The van der Waals surface area contributed by atoms with Crippen LogP contribution in [0.25, 0.3) is 0 Å². The summed E-state index contributed by atoms with van der Waals surface area (Å²) in [5.74, 6) is 0. The molecule has 2 aliphatic heterocycles. The van der Waals surface area contributed by atoms with E-state index in [1.54, 1.807) is 5.57 Å². The normalized spacial score (nSPS) is 38.3. The zero-order valence-corrected chi connectivity index (χ0v) is 6.47. The topological polar surface area (TPSA) is 9.23 Å². The molecule has 10 heavy (non-hydrogen) atoms. The van der Waals surface area contributed by atoms with Crippen LogP contribution in [0.3, 0.4) is 0 Å². The molecule has 0 aromatic heterocycles. The summed E-state index contributed by atoms with van der Waals surface area (Å²) in [7, 11) is 0. The quantitative estimate of drug-likeness (QED) is 0.466. The second-order valence-corrected chi connectivity index (χ2v) is 3.31. The van der Waals surface area contributed by atoms with Gasteiger partial charge >= 0.3 is 0 Å². The molecule has 0 aromatic rings. The molecular formula is C9H14O. The van der Waals surface area contributed by atoms with Crippen molar-refractivity contribution in [2.75, 3.05) is 0 Å². The third kappa shape index (κ3) is 0.988. The highest BCUT2D eigenvalue weighted by Gasteiger charge is 2.31. The fourth-order valence-corrected chi connectivity index (χ4v) is 1.98. The molecule has 0 spiro atoms. The Kier molecular flexibility index (Phi) is 1.53. The van der Waals surface area contributed by atoms with Gasteiger partial charge in [-0.2, -0.15) is 0 Å². The number of rotatable bonds is 0. The van der Waals surface area contributed by atoms with E-state index in [1.165, 1.54) is 25.7 Å². The van der Waals surface area contributed by atoms with E-state index in [-0.39, 0.29) is 0 Å². The van der Waals surface area contributed by atoms with Crippen molar-refractivity contribution in [3.63, 3.8) is 0 Å². The summed E-state index contributed by atoms with van der Waals surface area (Å²) in [6.07, 6.45) is 8.40. The van der Waals surface area contributed by atoms with Crippen LogP contribution in [0.2, 0.25) is 0 Å². The maximum atomic E-state index is 5.69. The van der Waals surface area contributed by atoms with Crippen LogP contribution in [0.15, 0.2) is 11.6 Å². The van der Waals surface area contributed by atoms with Gasteiger partial charge in [-0.15, -0.1) is 0 Å². The molecule has 0 amide bonds. The first-order valence-electron chi connectivity index (χ1n) is 4.18. The first-order chi connectivity index (χ1) is 4.88. The van der Waals surface area contributed by atoms with E-state index < -0.39 is 0 Å². The lowest BCUT2D eigenvalue weighted by Crippen LogP contribution is -2.18. The van der Waals surface area contributed by atoms with Gasteiger partial charge in [0.1, 0.15) is 0 Å². The summed E-state index contributed by atoms with van der Waals surface area (Å²) in [6.45, 7) is 2.14. The third-order valence-corrected chi connectivity index (χ3v) is 2.58. The second kappa shape index (κ2) is 2.39. The summed E-state index contributed by atoms with van der Waals surface area (Å²) >= 11 is 0. The minimum Gasteiger partial charge on any atom is -0.374 e. The SMILES string of the molecule is CC=C1CC2CCC(C1)O2. The van der Waals surface area contributed by atoms with Gasteiger partial charge in [0.15, 0.2) is 0 Å². The molecule has 56 valence electrons. The van der Waals surface area contributed by atoms with Crippen LogP contribution in [-0.2, 0) is 4.74 Å². The standard InChI is InChI=1S/C9H14O/c1-2-7-5-8-3-4-9(6-7)10-8/h2,8-9H,3-6H2,1H3. The Morgan fingerprint density at radius 2 is 1.90 bits per heavy atom. The minimum atomic E-state index is 0.574. The highest BCUT2D eigenvalue weighted by atomic mass is 16.5. The first-order valence-corrected chi connectivity index (χ1v) is 4.18. The van der Waals surface area contributed by atoms with E-state index in [0.717, 1.165) is 0 Å². The lowest BCUT2D eigenvalue weighted by atomic mass is 10.0. The molecule has 0 radical (unpaired) electrons. The Morgan fingerprint density at radius 3 is 2.40 bits per heavy atom. The lowest BCUT2D eigenvalue weighted by Gasteiger charge is -2.22. The summed E-state index contributed by atoms with van der Waals surface area (Å²) in [4.78, 5) is 0. The van der Waals surface area contributed by atoms with Gasteiger partial charge in [0.25, 0.3) is 0 Å². The molecule has 0 saturated carbocycles. The average molecular weight is 138 g/mol. The molecule has 1 nitrogen and oxygen atoms in total. The van der Waals surface area contributed by atoms with Gasteiger partial charge < -0.3 is 4.74 Å². The predicted molar refractivity (Wildman–Crippen MR) is 40.9 cm³/mol. The van der Waals surface area contributed by atoms with Crippen molar-refractivity contribution in [1.82, 2.24) is 0 Å². The number of hydrogen-bond donors (Lipinski definition) is 0. The van der Waals surface area contributed by atoms with Gasteiger partial charge in [0.05, 0.1) is 12.2 Å². The third-order valence-electron chi connectivity index (χ3n) is 2.58. The molecule has 2 aliphatic rings. The highest BCUT2D eigenvalue weighted by molar-refractivity contribution is 5.08. The Labute approximate surface area is 62.1 Å². The van der Waals surface area contributed by atoms with Gasteiger partial charge in [-0.1, -0.05) is 11.6 Å². The number of ether oxygens (including phenoxy) is 1. The first kappa shape index (κ1) is 6.41. The molecule has 0 N–H and O–H groups in total. The Morgan fingerprint density at radius 1 is 1.30 bits per heavy atom. The minimum absolute atomic E-state index is 0.574. The van der Waals surface area contributed by atoms with Crippen molar-refractivity contribution < 1.29 is 4.74 Å². The number of hydrogen-bond acceptors (Lipinski definition) is 1. The van der Waals surface area contributed by atoms with Crippen molar-refractivity contribution in [1.29, 1.82) is 0 Å². The zero-order chi connectivity index (χ0) is 6.97. The van der Waals surface area contributed by atoms with E-state index in [9.17, 15) is 0 Å². The Hall–Kier alpha value is -0.300. The van der Waals surface area contributed by atoms with Crippen LogP contribution in [0.5, 0.6) is 0 Å². The molecule has 2 atom stereocenters. The van der Waals surface area contributed by atoms with E-state index in [4.69, 9.17) is 4.74 Å². The molecular weight excluding hydrogens is 124 g/mol. The van der Waals surface area contributed by atoms with E-state index in [0.29, 0.717) is 12.2 Å². The van der Waals surface area contributed by atoms with Crippen LogP contribution >= 0.6 is 0 Å². The smallest absolute Gasteiger partial charge is 0.0617 e. The fourth-order valence-electron chi connectivity index (χ4n) is 1.98. The Balaban J connectivity index is 2.09. The van der Waals surface area contributed by atoms with Gasteiger partial charge in [0, 0.05) is 0 Å². The zero-order valence-electron chi connectivity index (χ0n) is 6.47. The van der Waals surface area contributed by atoms with Crippen molar-refractivity contribution in [2.45, 2.75) is 44.8 Å². The summed E-state index contributed by atoms with van der Waals surface area (Å²) in [6, 6.07) is 0. The molecule has 1 heteroatoms. The Bertz CT molecular complexity index is 146. The van der Waals surface area contributed by atoms with Gasteiger partial charge in [0.2, 0.25) is 0 Å². The highest BCUT2D eigenvalue weighted by Crippen LogP contribution is 2.35. The van der Waals surface area contributed by atoms with Crippen LogP contribution in [-0.4, -0.2) is 12.2 Å². The molecule has 2 heterocycles. The predicted octanol–water partition coefficient (Wildman–Crippen LogP) is 2.27. The van der Waals surface area contributed by atoms with Crippen molar-refractivity contribution in [3.05, 3.63) is 11.6 Å². The van der Waals surface area contributed by atoms with Gasteiger partial charge in [-0.25, -0.2) is 0 Å². The molecule has 0 aromatic carbocycles. The molecule has 0 aliphatic carbocycles. The van der Waals surface area contributed by atoms with E-state index >= 15 is 0 Å². The summed E-state index contributed by atoms with van der Waals surface area (Å²) in [5.41, 5.74) is 1.61. The molecule has 2 fully saturated rings. The molecule has 2 unspecified atom stereocenters. The molecule has 2 bridgehead atoms. The summed E-state index contributed by atoms with van der Waals surface area (Å²) in [5, 5.41) is 0. The maximum Gasteiger partial charge on any atom is 0.0617 e. The van der Waals surface area contributed by atoms with Crippen LogP contribution in [0, 0.1) is 0 Å². The molecule has 2 rings (SSSR count). The molecule has 2 saturated heterocycles. The van der Waals surface area contributed by atoms with E-state index in [2.05, 4.69) is 13.0 Å². The van der Waals surface area contributed by atoms with Crippen LogP contribution in [0.1, 0.15) is 32.6 Å². The fraction of sp³-hybridized carbons (Fsp3) is 0.778. The number of allylic oxidation sites excluding steroid dienone is 1. The van der Waals surface area contributed by atoms with E-state index in [1.807, 2.05) is 0 Å². The van der Waals surface area contributed by atoms with Crippen LogP contribution in [0.4, 0.5) is 0 Å². The van der Waals surface area contributed by atoms with Crippen molar-refractivity contribution in [3.8, 4) is 0 Å².